The first-order valence-corrected chi connectivity index (χ1v) is 3.87. The molecule has 49 valence electrons. The smallest absolute Gasteiger partial charge is 0.160 e. The summed E-state index contributed by atoms with van der Waals surface area (Å²) in [6.07, 6.45) is 3.40. The molecule has 10 heavy (non-hydrogen) atoms. The molecule has 0 unspecified atom stereocenters. The van der Waals surface area contributed by atoms with Gasteiger partial charge in [-0.2, -0.15) is 11.3 Å². The molecule has 1 aliphatic heterocycles. The van der Waals surface area contributed by atoms with Gasteiger partial charge in [0.25, 0.3) is 0 Å². The molecule has 0 atom stereocenters. The third kappa shape index (κ3) is 0.844. The summed E-state index contributed by atoms with van der Waals surface area (Å²) < 4.78 is 0. The van der Waals surface area contributed by atoms with Crippen LogP contribution >= 0.6 is 11.3 Å². The molecular formula is C7H5N2S. The van der Waals surface area contributed by atoms with Crippen LogP contribution in [0.2, 0.25) is 0 Å². The SMILES string of the molecule is C1=CN=C(c2ccsc2)[N]1. The molecule has 0 fully saturated rings. The Hall–Kier alpha value is -1.09. The molecule has 0 bridgehead atoms. The van der Waals surface area contributed by atoms with Gasteiger partial charge in [0.15, 0.2) is 5.84 Å². The fourth-order valence-electron chi connectivity index (χ4n) is 0.782. The third-order valence-electron chi connectivity index (χ3n) is 1.24. The zero-order valence-electron chi connectivity index (χ0n) is 5.19. The van der Waals surface area contributed by atoms with E-state index in [-0.39, 0.29) is 0 Å². The highest BCUT2D eigenvalue weighted by molar-refractivity contribution is 7.08. The zero-order valence-corrected chi connectivity index (χ0v) is 6.01. The van der Waals surface area contributed by atoms with Crippen molar-refractivity contribution in [1.82, 2.24) is 5.32 Å². The summed E-state index contributed by atoms with van der Waals surface area (Å²) in [5.74, 6) is 0.821. The number of thiophene rings is 1. The van der Waals surface area contributed by atoms with Gasteiger partial charge in [0.05, 0.1) is 0 Å². The van der Waals surface area contributed by atoms with Gasteiger partial charge in [-0.05, 0) is 11.4 Å². The Bertz CT molecular complexity index is 272. The molecular weight excluding hydrogens is 144 g/mol. The normalized spacial score (nSPS) is 15.0. The Labute approximate surface area is 62.9 Å². The molecule has 0 spiro atoms. The first-order valence-electron chi connectivity index (χ1n) is 2.93. The molecule has 0 N–H and O–H groups in total. The van der Waals surface area contributed by atoms with Crippen molar-refractivity contribution in [2.45, 2.75) is 0 Å². The van der Waals surface area contributed by atoms with Gasteiger partial charge in [-0.3, -0.25) is 0 Å². The Morgan fingerprint density at radius 2 is 2.30 bits per heavy atom. The topological polar surface area (TPSA) is 26.5 Å². The van der Waals surface area contributed by atoms with E-state index in [1.54, 1.807) is 23.7 Å². The molecule has 0 saturated carbocycles. The number of aliphatic imine (C=N–C) groups is 1. The van der Waals surface area contributed by atoms with Gasteiger partial charge < -0.3 is 0 Å². The highest BCUT2D eigenvalue weighted by atomic mass is 32.1. The van der Waals surface area contributed by atoms with Crippen molar-refractivity contribution >= 4 is 17.2 Å². The van der Waals surface area contributed by atoms with Gasteiger partial charge in [0.2, 0.25) is 0 Å². The van der Waals surface area contributed by atoms with Crippen molar-refractivity contribution < 1.29 is 0 Å². The minimum absolute atomic E-state index is 0.821. The third-order valence-corrected chi connectivity index (χ3v) is 1.92. The molecule has 2 heterocycles. The highest BCUT2D eigenvalue weighted by Gasteiger charge is 2.04. The van der Waals surface area contributed by atoms with E-state index in [9.17, 15) is 0 Å². The van der Waals surface area contributed by atoms with Gasteiger partial charge in [-0.15, -0.1) is 0 Å². The summed E-state index contributed by atoms with van der Waals surface area (Å²) in [6.45, 7) is 0. The lowest BCUT2D eigenvalue weighted by molar-refractivity contribution is 1.29. The summed E-state index contributed by atoms with van der Waals surface area (Å²) in [5, 5.41) is 8.11. The number of amidine groups is 1. The van der Waals surface area contributed by atoms with Crippen LogP contribution in [0, 0.1) is 0 Å². The van der Waals surface area contributed by atoms with Gasteiger partial charge in [-0.25, -0.2) is 10.3 Å². The highest BCUT2D eigenvalue weighted by Crippen LogP contribution is 2.08. The Kier molecular flexibility index (Phi) is 1.29. The van der Waals surface area contributed by atoms with Gasteiger partial charge >= 0.3 is 0 Å². The number of rotatable bonds is 1. The fraction of sp³-hybridized carbons (Fsp3) is 0. The summed E-state index contributed by atoms with van der Waals surface area (Å²) in [7, 11) is 0. The second-order valence-electron chi connectivity index (χ2n) is 1.89. The van der Waals surface area contributed by atoms with Crippen LogP contribution in [0.5, 0.6) is 0 Å². The van der Waals surface area contributed by atoms with E-state index < -0.39 is 0 Å². The van der Waals surface area contributed by atoms with E-state index >= 15 is 0 Å². The Balaban J connectivity index is 2.30. The first kappa shape index (κ1) is 5.68. The van der Waals surface area contributed by atoms with Crippen LogP contribution in [0.25, 0.3) is 0 Å². The van der Waals surface area contributed by atoms with Crippen molar-refractivity contribution in [3.63, 3.8) is 0 Å². The van der Waals surface area contributed by atoms with E-state index in [0.29, 0.717) is 0 Å². The van der Waals surface area contributed by atoms with Gasteiger partial charge in [-0.1, -0.05) is 0 Å². The van der Waals surface area contributed by atoms with E-state index in [0.717, 1.165) is 11.4 Å². The zero-order chi connectivity index (χ0) is 6.81. The second kappa shape index (κ2) is 2.27. The maximum atomic E-state index is 4.05. The lowest BCUT2D eigenvalue weighted by Crippen LogP contribution is -2.05. The standard InChI is InChI=1S/C7H5N2S/c1-4-10-5-6(1)7-8-2-3-9-7/h1-5H. The molecule has 0 aromatic carbocycles. The second-order valence-corrected chi connectivity index (χ2v) is 2.67. The lowest BCUT2D eigenvalue weighted by Gasteiger charge is -1.91. The van der Waals surface area contributed by atoms with Crippen LogP contribution in [-0.2, 0) is 0 Å². The van der Waals surface area contributed by atoms with Crippen LogP contribution in [0.15, 0.2) is 34.2 Å². The average molecular weight is 149 g/mol. The minimum atomic E-state index is 0.821. The van der Waals surface area contributed by atoms with E-state index in [2.05, 4.69) is 10.3 Å². The molecule has 0 aliphatic carbocycles. The molecule has 1 radical (unpaired) electrons. The minimum Gasteiger partial charge on any atom is -0.235 e. The molecule has 1 aliphatic rings. The molecule has 2 nitrogen and oxygen atoms in total. The summed E-state index contributed by atoms with van der Waals surface area (Å²) in [6, 6.07) is 2.01. The number of hydrogen-bond acceptors (Lipinski definition) is 2. The van der Waals surface area contributed by atoms with Gasteiger partial charge in [0, 0.05) is 23.3 Å². The van der Waals surface area contributed by atoms with Crippen molar-refractivity contribution in [3.8, 4) is 0 Å². The predicted molar refractivity (Wildman–Crippen MR) is 42.1 cm³/mol. The fourth-order valence-corrected chi connectivity index (χ4v) is 1.42. The Morgan fingerprint density at radius 1 is 1.30 bits per heavy atom. The van der Waals surface area contributed by atoms with Crippen molar-refractivity contribution in [1.29, 1.82) is 0 Å². The van der Waals surface area contributed by atoms with Crippen LogP contribution in [0.3, 0.4) is 0 Å². The molecule has 1 aromatic heterocycles. The van der Waals surface area contributed by atoms with E-state index in [1.165, 1.54) is 0 Å². The summed E-state index contributed by atoms with van der Waals surface area (Å²) in [4.78, 5) is 4.05. The number of hydrogen-bond donors (Lipinski definition) is 0. The molecule has 3 heteroatoms. The van der Waals surface area contributed by atoms with E-state index in [1.807, 2.05) is 16.8 Å². The molecule has 2 rings (SSSR count). The van der Waals surface area contributed by atoms with Crippen LogP contribution in [-0.4, -0.2) is 5.84 Å². The molecule has 0 amide bonds. The van der Waals surface area contributed by atoms with Gasteiger partial charge in [0.1, 0.15) is 0 Å². The van der Waals surface area contributed by atoms with Crippen LogP contribution in [0.4, 0.5) is 0 Å². The molecule has 0 saturated heterocycles. The average Bonchev–Trinajstić information content (AvgIpc) is 2.59. The van der Waals surface area contributed by atoms with Crippen molar-refractivity contribution in [2.75, 3.05) is 0 Å². The largest absolute Gasteiger partial charge is 0.235 e. The monoisotopic (exact) mass is 149 g/mol. The first-order chi connectivity index (χ1) is 4.97. The summed E-state index contributed by atoms with van der Waals surface area (Å²) in [5.41, 5.74) is 1.11. The quantitative estimate of drug-likeness (QED) is 0.579. The van der Waals surface area contributed by atoms with Crippen molar-refractivity contribution in [2.24, 2.45) is 4.99 Å². The maximum absolute atomic E-state index is 4.05. The van der Waals surface area contributed by atoms with Crippen molar-refractivity contribution in [3.05, 3.63) is 34.8 Å². The van der Waals surface area contributed by atoms with E-state index in [4.69, 9.17) is 0 Å². The van der Waals surface area contributed by atoms with Crippen LogP contribution in [0.1, 0.15) is 5.56 Å². The van der Waals surface area contributed by atoms with Crippen LogP contribution < -0.4 is 5.32 Å². The predicted octanol–water partition coefficient (Wildman–Crippen LogP) is 1.58. The molecule has 1 aromatic rings. The number of nitrogens with zero attached hydrogens (tertiary/aromatic N) is 2. The lowest BCUT2D eigenvalue weighted by atomic mass is 10.3. The summed E-state index contributed by atoms with van der Waals surface area (Å²) >= 11 is 1.66. The Morgan fingerprint density at radius 3 is 2.90 bits per heavy atom. The maximum Gasteiger partial charge on any atom is 0.160 e.